The topological polar surface area (TPSA) is 72.3 Å². The van der Waals surface area contributed by atoms with Crippen LogP contribution in [0.25, 0.3) is 0 Å². The third-order valence-electron chi connectivity index (χ3n) is 4.01. The Kier molecular flexibility index (Phi) is 5.98. The number of amides is 1. The van der Waals surface area contributed by atoms with Crippen molar-refractivity contribution in [1.82, 2.24) is 25.2 Å². The Labute approximate surface area is 138 Å². The number of aromatic nitrogens is 3. The average Bonchev–Trinajstić information content (AvgIpc) is 2.88. The average molecular weight is 323 g/mol. The number of likely N-dealkylation sites (tertiary alicyclic amines) is 1. The summed E-state index contributed by atoms with van der Waals surface area (Å²) in [7, 11) is 1.89. The number of hydrogen-bond acceptors (Lipinski definition) is 5. The van der Waals surface area contributed by atoms with Gasteiger partial charge in [-0.2, -0.15) is 0 Å². The highest BCUT2D eigenvalue weighted by atomic mass is 16.6. The Morgan fingerprint density at radius 2 is 2.26 bits per heavy atom. The van der Waals surface area contributed by atoms with Gasteiger partial charge < -0.3 is 15.0 Å². The Balaban J connectivity index is 1.69. The van der Waals surface area contributed by atoms with Gasteiger partial charge in [0.15, 0.2) is 0 Å². The zero-order valence-electron chi connectivity index (χ0n) is 14.7. The minimum atomic E-state index is -0.428. The van der Waals surface area contributed by atoms with E-state index < -0.39 is 5.60 Å². The van der Waals surface area contributed by atoms with E-state index in [-0.39, 0.29) is 6.09 Å². The van der Waals surface area contributed by atoms with E-state index in [9.17, 15) is 4.79 Å². The molecule has 1 unspecified atom stereocenters. The molecule has 1 N–H and O–H groups in total. The molecule has 1 fully saturated rings. The number of carbonyl (C=O) groups excluding carboxylic acids is 1. The van der Waals surface area contributed by atoms with Crippen molar-refractivity contribution in [2.75, 3.05) is 19.6 Å². The zero-order chi connectivity index (χ0) is 16.9. The summed E-state index contributed by atoms with van der Waals surface area (Å²) in [6, 6.07) is 0. The number of piperidine rings is 1. The van der Waals surface area contributed by atoms with Gasteiger partial charge in [0, 0.05) is 26.7 Å². The number of rotatable bonds is 5. The van der Waals surface area contributed by atoms with Gasteiger partial charge in [-0.1, -0.05) is 5.21 Å². The normalized spacial score (nSPS) is 19.0. The van der Waals surface area contributed by atoms with Crippen LogP contribution in [0.2, 0.25) is 0 Å². The molecule has 0 bridgehead atoms. The molecule has 0 aliphatic carbocycles. The first-order valence-electron chi connectivity index (χ1n) is 8.37. The lowest BCUT2D eigenvalue weighted by atomic mass is 9.95. The first-order chi connectivity index (χ1) is 10.8. The monoisotopic (exact) mass is 323 g/mol. The molecule has 2 heterocycles. The van der Waals surface area contributed by atoms with Gasteiger partial charge in [0.05, 0.1) is 11.9 Å². The van der Waals surface area contributed by atoms with Gasteiger partial charge >= 0.3 is 6.09 Å². The van der Waals surface area contributed by atoms with Crippen LogP contribution in [0.5, 0.6) is 0 Å². The first-order valence-corrected chi connectivity index (χ1v) is 8.37. The van der Waals surface area contributed by atoms with E-state index in [0.717, 1.165) is 44.7 Å². The quantitative estimate of drug-likeness (QED) is 0.839. The molecule has 7 heteroatoms. The van der Waals surface area contributed by atoms with Crippen LogP contribution in [0.15, 0.2) is 6.20 Å². The van der Waals surface area contributed by atoms with E-state index in [1.807, 2.05) is 32.7 Å². The van der Waals surface area contributed by atoms with E-state index in [4.69, 9.17) is 4.74 Å². The number of nitrogens with one attached hydrogen (secondary N) is 1. The molecule has 1 atom stereocenters. The Morgan fingerprint density at radius 3 is 2.91 bits per heavy atom. The molecular formula is C16H29N5O2. The van der Waals surface area contributed by atoms with Gasteiger partial charge in [0.25, 0.3) is 0 Å². The number of nitrogens with zero attached hydrogens (tertiary/aromatic N) is 4. The molecule has 0 saturated carbocycles. The molecule has 1 aromatic rings. The number of ether oxygens (including phenoxy) is 1. The van der Waals surface area contributed by atoms with Crippen molar-refractivity contribution in [3.05, 3.63) is 11.9 Å². The predicted octanol–water partition coefficient (Wildman–Crippen LogP) is 1.94. The second kappa shape index (κ2) is 7.77. The van der Waals surface area contributed by atoms with E-state index in [2.05, 4.69) is 15.6 Å². The van der Waals surface area contributed by atoms with Crippen LogP contribution in [0, 0.1) is 5.92 Å². The molecule has 2 rings (SSSR count). The highest BCUT2D eigenvalue weighted by molar-refractivity contribution is 5.68. The fourth-order valence-corrected chi connectivity index (χ4v) is 2.79. The lowest BCUT2D eigenvalue weighted by molar-refractivity contribution is 0.0162. The lowest BCUT2D eigenvalue weighted by Crippen LogP contribution is -2.43. The molecule has 1 aromatic heterocycles. The van der Waals surface area contributed by atoms with Crippen molar-refractivity contribution in [3.8, 4) is 0 Å². The molecule has 0 spiro atoms. The summed E-state index contributed by atoms with van der Waals surface area (Å²) in [6.07, 6.45) is 4.88. The standard InChI is InChI=1S/C16H29N5O2/c1-16(2,3)23-15(22)21-9-5-6-13(12-21)7-8-17-10-14-11-18-19-20(14)4/h11,13,17H,5-10,12H2,1-4H3. The van der Waals surface area contributed by atoms with Crippen LogP contribution in [0.1, 0.15) is 45.7 Å². The van der Waals surface area contributed by atoms with Gasteiger partial charge in [0.1, 0.15) is 5.60 Å². The van der Waals surface area contributed by atoms with Gasteiger partial charge in [-0.05, 0) is 52.5 Å². The molecule has 0 radical (unpaired) electrons. The second-order valence-corrected chi connectivity index (χ2v) is 7.25. The minimum absolute atomic E-state index is 0.184. The van der Waals surface area contributed by atoms with Gasteiger partial charge in [-0.3, -0.25) is 4.68 Å². The smallest absolute Gasteiger partial charge is 0.410 e. The Hall–Kier alpha value is -1.63. The van der Waals surface area contributed by atoms with Crippen LogP contribution in [-0.2, 0) is 18.3 Å². The van der Waals surface area contributed by atoms with Gasteiger partial charge in [-0.15, -0.1) is 5.10 Å². The summed E-state index contributed by atoms with van der Waals surface area (Å²) in [6.45, 7) is 9.02. The summed E-state index contributed by atoms with van der Waals surface area (Å²) < 4.78 is 7.24. The molecule has 1 saturated heterocycles. The van der Waals surface area contributed by atoms with E-state index >= 15 is 0 Å². The third kappa shape index (κ3) is 5.82. The highest BCUT2D eigenvalue weighted by Crippen LogP contribution is 2.21. The summed E-state index contributed by atoms with van der Waals surface area (Å²) >= 11 is 0. The molecule has 23 heavy (non-hydrogen) atoms. The second-order valence-electron chi connectivity index (χ2n) is 7.25. The first kappa shape index (κ1) is 17.7. The molecular weight excluding hydrogens is 294 g/mol. The van der Waals surface area contributed by atoms with Crippen molar-refractivity contribution < 1.29 is 9.53 Å². The molecule has 130 valence electrons. The van der Waals surface area contributed by atoms with E-state index in [1.54, 1.807) is 10.9 Å². The van der Waals surface area contributed by atoms with Gasteiger partial charge in [-0.25, -0.2) is 4.79 Å². The molecule has 0 aromatic carbocycles. The minimum Gasteiger partial charge on any atom is -0.444 e. The van der Waals surface area contributed by atoms with E-state index in [1.165, 1.54) is 6.42 Å². The molecule has 1 aliphatic heterocycles. The maximum Gasteiger partial charge on any atom is 0.410 e. The Bertz CT molecular complexity index is 509. The van der Waals surface area contributed by atoms with Gasteiger partial charge in [0.2, 0.25) is 0 Å². The lowest BCUT2D eigenvalue weighted by Gasteiger charge is -2.34. The number of hydrogen-bond donors (Lipinski definition) is 1. The number of aryl methyl sites for hydroxylation is 1. The van der Waals surface area contributed by atoms with Crippen molar-refractivity contribution in [2.45, 2.75) is 52.2 Å². The predicted molar refractivity (Wildman–Crippen MR) is 87.9 cm³/mol. The summed E-state index contributed by atoms with van der Waals surface area (Å²) in [5.41, 5.74) is 0.645. The fraction of sp³-hybridized carbons (Fsp3) is 0.812. The van der Waals surface area contributed by atoms with Crippen LogP contribution >= 0.6 is 0 Å². The largest absolute Gasteiger partial charge is 0.444 e. The highest BCUT2D eigenvalue weighted by Gasteiger charge is 2.27. The summed E-state index contributed by atoms with van der Waals surface area (Å²) in [5, 5.41) is 11.2. The number of carbonyl (C=O) groups is 1. The molecule has 1 aliphatic rings. The van der Waals surface area contributed by atoms with Crippen LogP contribution in [0.3, 0.4) is 0 Å². The molecule has 7 nitrogen and oxygen atoms in total. The molecule has 1 amide bonds. The van der Waals surface area contributed by atoms with Crippen molar-refractivity contribution >= 4 is 6.09 Å². The van der Waals surface area contributed by atoms with Crippen molar-refractivity contribution in [1.29, 1.82) is 0 Å². The Morgan fingerprint density at radius 1 is 1.48 bits per heavy atom. The van der Waals surface area contributed by atoms with Crippen LogP contribution in [-0.4, -0.2) is 51.2 Å². The van der Waals surface area contributed by atoms with Crippen molar-refractivity contribution in [3.63, 3.8) is 0 Å². The summed E-state index contributed by atoms with van der Waals surface area (Å²) in [4.78, 5) is 14.0. The SMILES string of the molecule is Cn1nncc1CNCCC1CCCN(C(=O)OC(C)(C)C)C1. The maximum atomic E-state index is 12.2. The summed E-state index contributed by atoms with van der Waals surface area (Å²) in [5.74, 6) is 0.536. The van der Waals surface area contributed by atoms with Crippen LogP contribution < -0.4 is 5.32 Å². The van der Waals surface area contributed by atoms with Crippen LogP contribution in [0.4, 0.5) is 4.79 Å². The fourth-order valence-electron chi connectivity index (χ4n) is 2.79. The third-order valence-corrected chi connectivity index (χ3v) is 4.01. The zero-order valence-corrected chi connectivity index (χ0v) is 14.7. The van der Waals surface area contributed by atoms with Crippen molar-refractivity contribution in [2.24, 2.45) is 13.0 Å². The maximum absolute atomic E-state index is 12.2. The van der Waals surface area contributed by atoms with E-state index in [0.29, 0.717) is 5.92 Å².